The van der Waals surface area contributed by atoms with Gasteiger partial charge in [-0.1, -0.05) is 27.5 Å². The molecule has 0 saturated carbocycles. The van der Waals surface area contributed by atoms with Gasteiger partial charge in [-0.25, -0.2) is 0 Å². The van der Waals surface area contributed by atoms with Crippen molar-refractivity contribution < 1.29 is 4.74 Å². The fourth-order valence-electron chi connectivity index (χ4n) is 1.07. The molecule has 0 fully saturated rings. The molecule has 4 heteroatoms. The highest BCUT2D eigenvalue weighted by atomic mass is 79.9. The zero-order valence-electron chi connectivity index (χ0n) is 7.65. The van der Waals surface area contributed by atoms with E-state index in [-0.39, 0.29) is 0 Å². The lowest BCUT2D eigenvalue weighted by Gasteiger charge is -2.06. The lowest BCUT2D eigenvalue weighted by Crippen LogP contribution is -1.85. The van der Waals surface area contributed by atoms with Crippen LogP contribution in [-0.2, 0) is 0 Å². The van der Waals surface area contributed by atoms with E-state index >= 15 is 0 Å². The second-order valence-corrected chi connectivity index (χ2v) is 4.18. The number of benzene rings is 1. The quantitative estimate of drug-likeness (QED) is 0.821. The van der Waals surface area contributed by atoms with Gasteiger partial charge in [0.25, 0.3) is 0 Å². The molecule has 0 radical (unpaired) electrons. The molecule has 2 rings (SSSR count). The predicted molar refractivity (Wildman–Crippen MR) is 63.5 cm³/mol. The van der Waals surface area contributed by atoms with Crippen LogP contribution in [0.1, 0.15) is 0 Å². The average molecular weight is 285 g/mol. The molecule has 1 heterocycles. The molecule has 0 bridgehead atoms. The first kappa shape index (κ1) is 10.5. The van der Waals surface area contributed by atoms with Crippen LogP contribution >= 0.6 is 27.5 Å². The van der Waals surface area contributed by atoms with E-state index < -0.39 is 0 Å². The lowest BCUT2D eigenvalue weighted by molar-refractivity contribution is 0.482. The minimum atomic E-state index is 0.500. The van der Waals surface area contributed by atoms with Crippen molar-refractivity contribution in [2.45, 2.75) is 0 Å². The Morgan fingerprint density at radius 2 is 1.87 bits per heavy atom. The summed E-state index contributed by atoms with van der Waals surface area (Å²) in [4.78, 5) is 3.88. The Bertz CT molecular complexity index is 458. The minimum Gasteiger partial charge on any atom is -0.456 e. The fraction of sp³-hybridized carbons (Fsp3) is 0. The maximum absolute atomic E-state index is 5.91. The summed E-state index contributed by atoms with van der Waals surface area (Å²) in [5.41, 5.74) is 0. The Hall–Kier alpha value is -1.06. The molecule has 15 heavy (non-hydrogen) atoms. The number of pyridine rings is 1. The third-order valence-corrected chi connectivity index (χ3v) is 2.59. The van der Waals surface area contributed by atoms with Crippen LogP contribution < -0.4 is 4.74 Å². The van der Waals surface area contributed by atoms with Crippen molar-refractivity contribution >= 4 is 27.5 Å². The Morgan fingerprint density at radius 3 is 2.53 bits per heavy atom. The maximum atomic E-state index is 5.91. The van der Waals surface area contributed by atoms with Crippen LogP contribution in [0.25, 0.3) is 0 Å². The first-order chi connectivity index (χ1) is 7.25. The molecule has 0 amide bonds. The van der Waals surface area contributed by atoms with Crippen molar-refractivity contribution in [3.63, 3.8) is 0 Å². The summed E-state index contributed by atoms with van der Waals surface area (Å²) in [5, 5.41) is 0.500. The Balaban J connectivity index is 2.22. The molecule has 0 unspecified atom stereocenters. The van der Waals surface area contributed by atoms with Gasteiger partial charge in [0.2, 0.25) is 0 Å². The summed E-state index contributed by atoms with van der Waals surface area (Å²) in [6.07, 6.45) is 3.19. The lowest BCUT2D eigenvalue weighted by atomic mass is 10.3. The Morgan fingerprint density at radius 1 is 1.13 bits per heavy atom. The van der Waals surface area contributed by atoms with E-state index in [2.05, 4.69) is 20.9 Å². The van der Waals surface area contributed by atoms with Gasteiger partial charge in [-0.2, -0.15) is 0 Å². The van der Waals surface area contributed by atoms with Gasteiger partial charge in [-0.05, 0) is 24.3 Å². The van der Waals surface area contributed by atoms with E-state index in [0.717, 1.165) is 10.2 Å². The standard InChI is InChI=1S/C11H7BrClNO/c12-8-1-3-9(4-2-8)15-11-5-6-14-7-10(11)13/h1-7H. The largest absolute Gasteiger partial charge is 0.456 e. The summed E-state index contributed by atoms with van der Waals surface area (Å²) < 4.78 is 6.58. The van der Waals surface area contributed by atoms with E-state index in [0.29, 0.717) is 10.8 Å². The van der Waals surface area contributed by atoms with Crippen LogP contribution in [0.4, 0.5) is 0 Å². The van der Waals surface area contributed by atoms with E-state index in [1.165, 1.54) is 0 Å². The third kappa shape index (κ3) is 2.70. The van der Waals surface area contributed by atoms with Gasteiger partial charge in [0, 0.05) is 22.9 Å². The highest BCUT2D eigenvalue weighted by Gasteiger charge is 2.01. The second kappa shape index (κ2) is 4.64. The molecule has 2 aromatic rings. The maximum Gasteiger partial charge on any atom is 0.149 e. The zero-order valence-corrected chi connectivity index (χ0v) is 9.99. The molecule has 2 nitrogen and oxygen atoms in total. The summed E-state index contributed by atoms with van der Waals surface area (Å²) in [7, 11) is 0. The number of rotatable bonds is 2. The van der Waals surface area contributed by atoms with E-state index in [9.17, 15) is 0 Å². The number of nitrogens with zero attached hydrogens (tertiary/aromatic N) is 1. The van der Waals surface area contributed by atoms with Crippen molar-refractivity contribution in [2.24, 2.45) is 0 Å². The molecule has 1 aromatic heterocycles. The van der Waals surface area contributed by atoms with Gasteiger partial charge in [0.1, 0.15) is 16.5 Å². The first-order valence-corrected chi connectivity index (χ1v) is 5.46. The van der Waals surface area contributed by atoms with Crippen LogP contribution in [0, 0.1) is 0 Å². The fourth-order valence-corrected chi connectivity index (χ4v) is 1.50. The summed E-state index contributed by atoms with van der Waals surface area (Å²) in [6.45, 7) is 0. The highest BCUT2D eigenvalue weighted by Crippen LogP contribution is 2.28. The molecule has 0 atom stereocenters. The predicted octanol–water partition coefficient (Wildman–Crippen LogP) is 4.29. The molecular weight excluding hydrogens is 277 g/mol. The van der Waals surface area contributed by atoms with Gasteiger partial charge < -0.3 is 4.74 Å². The molecule has 0 saturated heterocycles. The molecule has 76 valence electrons. The number of halogens is 2. The van der Waals surface area contributed by atoms with Crippen molar-refractivity contribution in [3.05, 3.63) is 52.2 Å². The number of ether oxygens (including phenoxy) is 1. The topological polar surface area (TPSA) is 22.1 Å². The smallest absolute Gasteiger partial charge is 0.149 e. The minimum absolute atomic E-state index is 0.500. The summed E-state index contributed by atoms with van der Waals surface area (Å²) in [5.74, 6) is 1.35. The number of hydrogen-bond acceptors (Lipinski definition) is 2. The van der Waals surface area contributed by atoms with Crippen molar-refractivity contribution in [1.82, 2.24) is 4.98 Å². The normalized spacial score (nSPS) is 10.0. The van der Waals surface area contributed by atoms with E-state index in [1.54, 1.807) is 18.5 Å². The van der Waals surface area contributed by atoms with Crippen molar-refractivity contribution in [2.75, 3.05) is 0 Å². The molecule has 0 aliphatic heterocycles. The molecule has 0 aliphatic rings. The summed E-state index contributed by atoms with van der Waals surface area (Å²) >= 11 is 9.26. The SMILES string of the molecule is Clc1cnccc1Oc1ccc(Br)cc1. The van der Waals surface area contributed by atoms with Crippen LogP contribution in [0.5, 0.6) is 11.5 Å². The second-order valence-electron chi connectivity index (χ2n) is 2.86. The highest BCUT2D eigenvalue weighted by molar-refractivity contribution is 9.10. The number of hydrogen-bond donors (Lipinski definition) is 0. The third-order valence-electron chi connectivity index (χ3n) is 1.78. The van der Waals surface area contributed by atoms with Crippen LogP contribution in [-0.4, -0.2) is 4.98 Å². The van der Waals surface area contributed by atoms with E-state index in [1.807, 2.05) is 24.3 Å². The van der Waals surface area contributed by atoms with Crippen molar-refractivity contribution in [3.8, 4) is 11.5 Å². The van der Waals surface area contributed by atoms with Crippen LogP contribution in [0.3, 0.4) is 0 Å². The molecule has 0 N–H and O–H groups in total. The van der Waals surface area contributed by atoms with Gasteiger partial charge in [-0.15, -0.1) is 0 Å². The Labute approximate surface area is 101 Å². The zero-order chi connectivity index (χ0) is 10.7. The van der Waals surface area contributed by atoms with Gasteiger partial charge in [0.15, 0.2) is 0 Å². The van der Waals surface area contributed by atoms with Gasteiger partial charge >= 0.3 is 0 Å². The van der Waals surface area contributed by atoms with Crippen LogP contribution in [0.2, 0.25) is 5.02 Å². The van der Waals surface area contributed by atoms with Gasteiger partial charge in [0.05, 0.1) is 0 Å². The monoisotopic (exact) mass is 283 g/mol. The number of aromatic nitrogens is 1. The molecule has 0 spiro atoms. The average Bonchev–Trinajstić information content (AvgIpc) is 2.25. The van der Waals surface area contributed by atoms with Gasteiger partial charge in [-0.3, -0.25) is 4.98 Å². The van der Waals surface area contributed by atoms with Crippen LogP contribution in [0.15, 0.2) is 47.2 Å². The Kier molecular flexibility index (Phi) is 3.23. The summed E-state index contributed by atoms with van der Waals surface area (Å²) in [6, 6.07) is 9.26. The molecule has 1 aromatic carbocycles. The molecular formula is C11H7BrClNO. The van der Waals surface area contributed by atoms with E-state index in [4.69, 9.17) is 16.3 Å². The first-order valence-electron chi connectivity index (χ1n) is 4.28. The molecule has 0 aliphatic carbocycles. The van der Waals surface area contributed by atoms with Crippen molar-refractivity contribution in [1.29, 1.82) is 0 Å².